The minimum absolute atomic E-state index is 0.0589. The van der Waals surface area contributed by atoms with Crippen molar-refractivity contribution in [1.82, 2.24) is 0 Å². The lowest BCUT2D eigenvalue weighted by Gasteiger charge is -2.11. The van der Waals surface area contributed by atoms with Crippen LogP contribution in [0.25, 0.3) is 0 Å². The Morgan fingerprint density at radius 3 is 1.23 bits per heavy atom. The van der Waals surface area contributed by atoms with Gasteiger partial charge in [-0.05, 0) is 97.1 Å². The highest BCUT2D eigenvalue weighted by Gasteiger charge is 2.21. The lowest BCUT2D eigenvalue weighted by Crippen LogP contribution is -2.13. The quantitative estimate of drug-likeness (QED) is 0.159. The summed E-state index contributed by atoms with van der Waals surface area (Å²) in [5.41, 5.74) is 4.40. The van der Waals surface area contributed by atoms with E-state index in [1.165, 1.54) is 36.4 Å². The molecule has 11 heteroatoms. The Balaban J connectivity index is 1.36. The van der Waals surface area contributed by atoms with Crippen molar-refractivity contribution in [3.63, 3.8) is 0 Å². The Kier molecular flexibility index (Phi) is 8.65. The molecule has 204 valence electrons. The maximum atomic E-state index is 12.6. The standard InChI is InChI=1S/C29H28N6O4S/c1-34(2)26-15-9-23(10-16-26)31-30-22-7-5-21(6-8-22)29(36)39-40(37,38)28-19-13-25(14-20-28)33-32-24-11-17-27(18-12-24)35(3)4/h5-20H,1-4H3. The molecule has 0 aromatic heterocycles. The molecule has 4 aromatic carbocycles. The van der Waals surface area contributed by atoms with Crippen LogP contribution in [0, 0.1) is 0 Å². The highest BCUT2D eigenvalue weighted by Crippen LogP contribution is 2.25. The predicted octanol–water partition coefficient (Wildman–Crippen LogP) is 7.20. The highest BCUT2D eigenvalue weighted by molar-refractivity contribution is 7.87. The average molecular weight is 557 g/mol. The second-order valence-corrected chi connectivity index (χ2v) is 10.6. The number of hydrogen-bond acceptors (Lipinski definition) is 10. The van der Waals surface area contributed by atoms with Crippen LogP contribution in [0.1, 0.15) is 10.4 Å². The Morgan fingerprint density at radius 2 is 0.875 bits per heavy atom. The van der Waals surface area contributed by atoms with Gasteiger partial charge in [0.25, 0.3) is 0 Å². The van der Waals surface area contributed by atoms with Crippen LogP contribution in [0.15, 0.2) is 122 Å². The second kappa shape index (κ2) is 12.3. The first-order chi connectivity index (χ1) is 19.1. The van der Waals surface area contributed by atoms with E-state index in [-0.39, 0.29) is 10.5 Å². The summed E-state index contributed by atoms with van der Waals surface area (Å²) in [7, 11) is 3.45. The molecule has 0 aliphatic heterocycles. The van der Waals surface area contributed by atoms with E-state index in [1.807, 2.05) is 86.5 Å². The summed E-state index contributed by atoms with van der Waals surface area (Å²) in [6.45, 7) is 0. The molecular formula is C29H28N6O4S. The van der Waals surface area contributed by atoms with Crippen LogP contribution in [0.3, 0.4) is 0 Å². The van der Waals surface area contributed by atoms with Gasteiger partial charge in [-0.1, -0.05) is 0 Å². The molecule has 10 nitrogen and oxygen atoms in total. The van der Waals surface area contributed by atoms with E-state index in [1.54, 1.807) is 12.1 Å². The van der Waals surface area contributed by atoms with E-state index in [0.29, 0.717) is 22.7 Å². The molecule has 4 aromatic rings. The van der Waals surface area contributed by atoms with E-state index in [9.17, 15) is 13.2 Å². The van der Waals surface area contributed by atoms with Crippen LogP contribution >= 0.6 is 0 Å². The molecule has 0 radical (unpaired) electrons. The number of carbonyl (C=O) groups is 1. The van der Waals surface area contributed by atoms with Gasteiger partial charge in [0.05, 0.1) is 28.3 Å². The molecule has 0 saturated heterocycles. The van der Waals surface area contributed by atoms with E-state index in [0.717, 1.165) is 11.4 Å². The van der Waals surface area contributed by atoms with Crippen molar-refractivity contribution in [3.05, 3.63) is 103 Å². The van der Waals surface area contributed by atoms with E-state index < -0.39 is 16.1 Å². The Morgan fingerprint density at radius 1 is 0.550 bits per heavy atom. The number of nitrogens with zero attached hydrogens (tertiary/aromatic N) is 6. The molecule has 0 atom stereocenters. The molecule has 4 rings (SSSR count). The Hall–Kier alpha value is -4.90. The zero-order valence-electron chi connectivity index (χ0n) is 22.5. The van der Waals surface area contributed by atoms with Gasteiger partial charge < -0.3 is 14.0 Å². The molecule has 0 aliphatic rings. The van der Waals surface area contributed by atoms with Crippen LogP contribution in [-0.4, -0.2) is 42.6 Å². The van der Waals surface area contributed by atoms with Crippen molar-refractivity contribution in [2.75, 3.05) is 38.0 Å². The van der Waals surface area contributed by atoms with E-state index in [4.69, 9.17) is 4.18 Å². The fraction of sp³-hybridized carbons (Fsp3) is 0.138. The van der Waals surface area contributed by atoms with Gasteiger partial charge in [-0.3, -0.25) is 0 Å². The van der Waals surface area contributed by atoms with Gasteiger partial charge >= 0.3 is 16.1 Å². The molecule has 0 bridgehead atoms. The summed E-state index contributed by atoms with van der Waals surface area (Å²) in [6, 6.07) is 26.6. The van der Waals surface area contributed by atoms with Crippen LogP contribution in [-0.2, 0) is 14.3 Å². The zero-order valence-corrected chi connectivity index (χ0v) is 23.3. The maximum absolute atomic E-state index is 12.6. The molecule has 0 spiro atoms. The summed E-state index contributed by atoms with van der Waals surface area (Å²) >= 11 is 0. The number of carbonyl (C=O) groups excluding carboxylic acids is 1. The third-order valence-corrected chi connectivity index (χ3v) is 6.93. The van der Waals surface area contributed by atoms with E-state index >= 15 is 0 Å². The first kappa shape index (κ1) is 28.1. The maximum Gasteiger partial charge on any atom is 0.354 e. The number of hydrogen-bond donors (Lipinski definition) is 0. The lowest BCUT2D eigenvalue weighted by molar-refractivity contribution is 0.0746. The van der Waals surface area contributed by atoms with Crippen LogP contribution in [0.2, 0.25) is 0 Å². The summed E-state index contributed by atoms with van der Waals surface area (Å²) in [4.78, 5) is 16.3. The van der Waals surface area contributed by atoms with Crippen molar-refractivity contribution in [1.29, 1.82) is 0 Å². The van der Waals surface area contributed by atoms with Gasteiger partial charge in [-0.2, -0.15) is 28.9 Å². The third-order valence-electron chi connectivity index (χ3n) is 5.71. The monoisotopic (exact) mass is 556 g/mol. The van der Waals surface area contributed by atoms with E-state index in [2.05, 4.69) is 20.5 Å². The SMILES string of the molecule is CN(C)c1ccc(N=Nc2ccc(C(=O)OS(=O)(=O)c3ccc(N=Nc4ccc(N(C)C)cc4)cc3)cc2)cc1. The largest absolute Gasteiger partial charge is 0.378 e. The number of azo groups is 2. The highest BCUT2D eigenvalue weighted by atomic mass is 32.2. The van der Waals surface area contributed by atoms with Crippen molar-refractivity contribution in [3.8, 4) is 0 Å². The summed E-state index contributed by atoms with van der Waals surface area (Å²) in [5.74, 6) is -1.01. The summed E-state index contributed by atoms with van der Waals surface area (Å²) < 4.78 is 30.1. The normalized spacial score (nSPS) is 11.6. The first-order valence-electron chi connectivity index (χ1n) is 12.2. The van der Waals surface area contributed by atoms with Gasteiger partial charge in [-0.25, -0.2) is 4.79 Å². The lowest BCUT2D eigenvalue weighted by atomic mass is 10.2. The zero-order chi connectivity index (χ0) is 28.7. The van der Waals surface area contributed by atoms with Crippen molar-refractivity contribution in [2.24, 2.45) is 20.5 Å². The number of anilines is 2. The molecule has 0 amide bonds. The second-order valence-electron chi connectivity index (χ2n) is 9.09. The molecule has 40 heavy (non-hydrogen) atoms. The van der Waals surface area contributed by atoms with Gasteiger partial charge in [0.2, 0.25) is 0 Å². The smallest absolute Gasteiger partial charge is 0.354 e. The minimum Gasteiger partial charge on any atom is -0.378 e. The number of rotatable bonds is 9. The summed E-state index contributed by atoms with van der Waals surface area (Å²) in [5, 5.41) is 16.6. The molecule has 0 fully saturated rings. The molecular weight excluding hydrogens is 528 g/mol. The van der Waals surface area contributed by atoms with Gasteiger partial charge in [0.15, 0.2) is 0 Å². The molecule has 0 unspecified atom stereocenters. The van der Waals surface area contributed by atoms with Crippen molar-refractivity contribution >= 4 is 50.2 Å². The predicted molar refractivity (Wildman–Crippen MR) is 155 cm³/mol. The molecule has 0 heterocycles. The van der Waals surface area contributed by atoms with Crippen LogP contribution in [0.4, 0.5) is 34.1 Å². The Bertz CT molecular complexity index is 1610. The fourth-order valence-electron chi connectivity index (χ4n) is 3.41. The summed E-state index contributed by atoms with van der Waals surface area (Å²) in [6.07, 6.45) is 0. The Labute approximate surface area is 233 Å². The van der Waals surface area contributed by atoms with Crippen LogP contribution in [0.5, 0.6) is 0 Å². The van der Waals surface area contributed by atoms with Gasteiger partial charge in [0, 0.05) is 39.6 Å². The third kappa shape index (κ3) is 7.35. The average Bonchev–Trinajstić information content (AvgIpc) is 2.95. The topological polar surface area (TPSA) is 116 Å². The van der Waals surface area contributed by atoms with Gasteiger partial charge in [-0.15, -0.1) is 0 Å². The minimum atomic E-state index is -4.34. The first-order valence-corrected chi connectivity index (χ1v) is 13.6. The fourth-order valence-corrected chi connectivity index (χ4v) is 4.27. The molecule has 0 saturated carbocycles. The van der Waals surface area contributed by atoms with Gasteiger partial charge in [0.1, 0.15) is 4.90 Å². The van der Waals surface area contributed by atoms with Crippen molar-refractivity contribution in [2.45, 2.75) is 4.90 Å². The van der Waals surface area contributed by atoms with Crippen molar-refractivity contribution < 1.29 is 17.4 Å². The van der Waals surface area contributed by atoms with Crippen LogP contribution < -0.4 is 9.80 Å². The molecule has 0 N–H and O–H groups in total. The number of benzene rings is 4. The molecule has 0 aliphatic carbocycles.